The van der Waals surface area contributed by atoms with E-state index in [0.717, 1.165) is 12.8 Å². The Balaban J connectivity index is 2.06. The molecule has 1 fully saturated rings. The van der Waals surface area contributed by atoms with Gasteiger partial charge in [-0.2, -0.15) is 0 Å². The summed E-state index contributed by atoms with van der Waals surface area (Å²) in [4.78, 5) is 14.0. The zero-order chi connectivity index (χ0) is 15.3. The molecule has 5 nitrogen and oxygen atoms in total. The van der Waals surface area contributed by atoms with Crippen LogP contribution < -0.4 is 0 Å². The van der Waals surface area contributed by atoms with Gasteiger partial charge in [-0.15, -0.1) is 0 Å². The Morgan fingerprint density at radius 2 is 2.33 bits per heavy atom. The van der Waals surface area contributed by atoms with Gasteiger partial charge in [0.2, 0.25) is 5.91 Å². The number of sulfone groups is 1. The van der Waals surface area contributed by atoms with Crippen molar-refractivity contribution in [2.24, 2.45) is 0 Å². The molecule has 0 aliphatic carbocycles. The lowest BCUT2D eigenvalue weighted by Crippen LogP contribution is -2.40. The normalized spacial score (nSPS) is 20.9. The van der Waals surface area contributed by atoms with Crippen molar-refractivity contribution in [1.29, 1.82) is 0 Å². The lowest BCUT2D eigenvalue weighted by atomic mass is 10.2. The molecule has 0 saturated carbocycles. The Morgan fingerprint density at radius 1 is 1.52 bits per heavy atom. The smallest absolute Gasteiger partial charge is 0.246 e. The summed E-state index contributed by atoms with van der Waals surface area (Å²) in [6.07, 6.45) is 6.99. The van der Waals surface area contributed by atoms with Gasteiger partial charge in [0.1, 0.15) is 5.76 Å². The van der Waals surface area contributed by atoms with Crippen LogP contribution in [-0.4, -0.2) is 43.3 Å². The van der Waals surface area contributed by atoms with Crippen molar-refractivity contribution >= 4 is 21.8 Å². The fourth-order valence-electron chi connectivity index (χ4n) is 2.46. The van der Waals surface area contributed by atoms with Crippen LogP contribution >= 0.6 is 0 Å². The van der Waals surface area contributed by atoms with Crippen LogP contribution in [0.5, 0.6) is 0 Å². The summed E-state index contributed by atoms with van der Waals surface area (Å²) in [6, 6.07) is 3.32. The van der Waals surface area contributed by atoms with Crippen LogP contribution in [0.15, 0.2) is 28.9 Å². The molecule has 1 saturated heterocycles. The Morgan fingerprint density at radius 3 is 2.90 bits per heavy atom. The van der Waals surface area contributed by atoms with Crippen LogP contribution in [0.25, 0.3) is 6.08 Å². The quantitative estimate of drug-likeness (QED) is 0.755. The van der Waals surface area contributed by atoms with Gasteiger partial charge in [0.15, 0.2) is 9.84 Å². The van der Waals surface area contributed by atoms with Crippen molar-refractivity contribution in [3.05, 3.63) is 30.2 Å². The highest BCUT2D eigenvalue weighted by Crippen LogP contribution is 2.19. The summed E-state index contributed by atoms with van der Waals surface area (Å²) in [5.74, 6) is 0.715. The Hall–Kier alpha value is -1.56. The molecule has 1 aromatic rings. The number of rotatable bonds is 6. The third-order valence-electron chi connectivity index (χ3n) is 3.62. The molecule has 116 valence electrons. The molecular weight excluding hydrogens is 290 g/mol. The second kappa shape index (κ2) is 6.93. The molecule has 2 heterocycles. The lowest BCUT2D eigenvalue weighted by molar-refractivity contribution is -0.127. The van der Waals surface area contributed by atoms with Gasteiger partial charge < -0.3 is 9.32 Å². The summed E-state index contributed by atoms with van der Waals surface area (Å²) in [5.41, 5.74) is 0. The Kier molecular flexibility index (Phi) is 5.22. The fraction of sp³-hybridized carbons (Fsp3) is 0.533. The minimum atomic E-state index is -2.99. The molecule has 1 aliphatic heterocycles. The van der Waals surface area contributed by atoms with E-state index in [4.69, 9.17) is 4.42 Å². The zero-order valence-electron chi connectivity index (χ0n) is 12.2. The maximum absolute atomic E-state index is 12.3. The molecule has 0 radical (unpaired) electrons. The van der Waals surface area contributed by atoms with Crippen LogP contribution in [0.1, 0.15) is 31.9 Å². The van der Waals surface area contributed by atoms with Gasteiger partial charge in [-0.1, -0.05) is 13.3 Å². The average Bonchev–Trinajstić information content (AvgIpc) is 3.06. The number of nitrogens with zero attached hydrogens (tertiary/aromatic N) is 1. The van der Waals surface area contributed by atoms with Gasteiger partial charge >= 0.3 is 0 Å². The van der Waals surface area contributed by atoms with Gasteiger partial charge in [0.25, 0.3) is 0 Å². The molecule has 0 aromatic carbocycles. The number of furan rings is 1. The largest absolute Gasteiger partial charge is 0.465 e. The van der Waals surface area contributed by atoms with Crippen molar-refractivity contribution in [1.82, 2.24) is 4.90 Å². The van der Waals surface area contributed by atoms with Gasteiger partial charge in [0, 0.05) is 18.7 Å². The Labute approximate surface area is 125 Å². The van der Waals surface area contributed by atoms with Crippen LogP contribution in [0, 0.1) is 0 Å². The molecule has 21 heavy (non-hydrogen) atoms. The molecule has 1 unspecified atom stereocenters. The van der Waals surface area contributed by atoms with Crippen LogP contribution in [0.4, 0.5) is 0 Å². The predicted molar refractivity (Wildman–Crippen MR) is 81.4 cm³/mol. The summed E-state index contributed by atoms with van der Waals surface area (Å²) in [5, 5.41) is 0. The summed E-state index contributed by atoms with van der Waals surface area (Å²) >= 11 is 0. The van der Waals surface area contributed by atoms with E-state index in [2.05, 4.69) is 0 Å². The first-order valence-corrected chi connectivity index (χ1v) is 9.06. The van der Waals surface area contributed by atoms with Gasteiger partial charge in [-0.25, -0.2) is 8.42 Å². The molecule has 1 aromatic heterocycles. The van der Waals surface area contributed by atoms with E-state index in [1.165, 1.54) is 6.08 Å². The third kappa shape index (κ3) is 4.46. The standard InChI is InChI=1S/C15H21NO4S/c1-2-3-9-16(13-8-11-21(18,19)12-13)15(17)7-6-14-5-4-10-20-14/h4-7,10,13H,2-3,8-9,11-12H2,1H3. The second-order valence-corrected chi connectivity index (χ2v) is 7.52. The van der Waals surface area contributed by atoms with E-state index in [-0.39, 0.29) is 23.5 Å². The molecule has 1 aliphatic rings. The van der Waals surface area contributed by atoms with Crippen LogP contribution in [0.2, 0.25) is 0 Å². The molecular formula is C15H21NO4S. The molecule has 6 heteroatoms. The number of hydrogen-bond acceptors (Lipinski definition) is 4. The SMILES string of the molecule is CCCCN(C(=O)C=Cc1ccco1)C1CCS(=O)(=O)C1. The number of unbranched alkanes of at least 4 members (excludes halogenated alkanes) is 1. The molecule has 1 atom stereocenters. The minimum Gasteiger partial charge on any atom is -0.465 e. The maximum atomic E-state index is 12.3. The van der Waals surface area contributed by atoms with Gasteiger partial charge in [0.05, 0.1) is 17.8 Å². The molecule has 0 N–H and O–H groups in total. The van der Waals surface area contributed by atoms with Crippen LogP contribution in [0.3, 0.4) is 0 Å². The number of amides is 1. The zero-order valence-corrected chi connectivity index (χ0v) is 13.0. The van der Waals surface area contributed by atoms with Gasteiger partial charge in [-0.05, 0) is 31.1 Å². The third-order valence-corrected chi connectivity index (χ3v) is 5.37. The number of carbonyl (C=O) groups excluding carboxylic acids is 1. The maximum Gasteiger partial charge on any atom is 0.246 e. The van der Waals surface area contributed by atoms with Gasteiger partial charge in [-0.3, -0.25) is 4.79 Å². The van der Waals surface area contributed by atoms with Crippen LogP contribution in [-0.2, 0) is 14.6 Å². The fourth-order valence-corrected chi connectivity index (χ4v) is 4.19. The highest BCUT2D eigenvalue weighted by Gasteiger charge is 2.33. The van der Waals surface area contributed by atoms with E-state index in [1.54, 1.807) is 29.4 Å². The van der Waals surface area contributed by atoms with E-state index >= 15 is 0 Å². The number of carbonyl (C=O) groups is 1. The molecule has 1 amide bonds. The van der Waals surface area contributed by atoms with Crippen molar-refractivity contribution in [3.8, 4) is 0 Å². The van der Waals surface area contributed by atoms with E-state index < -0.39 is 9.84 Å². The summed E-state index contributed by atoms with van der Waals surface area (Å²) in [7, 11) is -2.99. The predicted octanol–water partition coefficient (Wildman–Crippen LogP) is 2.11. The molecule has 0 bridgehead atoms. The highest BCUT2D eigenvalue weighted by atomic mass is 32.2. The average molecular weight is 311 g/mol. The second-order valence-electron chi connectivity index (χ2n) is 5.29. The summed E-state index contributed by atoms with van der Waals surface area (Å²) in [6.45, 7) is 2.64. The van der Waals surface area contributed by atoms with Crippen molar-refractivity contribution < 1.29 is 17.6 Å². The molecule has 0 spiro atoms. The summed E-state index contributed by atoms with van der Waals surface area (Å²) < 4.78 is 28.4. The first kappa shape index (κ1) is 15.8. The lowest BCUT2D eigenvalue weighted by Gasteiger charge is -2.27. The minimum absolute atomic E-state index is 0.0804. The highest BCUT2D eigenvalue weighted by molar-refractivity contribution is 7.91. The Bertz CT molecular complexity index is 589. The molecule has 2 rings (SSSR count). The van der Waals surface area contributed by atoms with Crippen molar-refractivity contribution in [2.45, 2.75) is 32.2 Å². The van der Waals surface area contributed by atoms with Crippen molar-refractivity contribution in [3.63, 3.8) is 0 Å². The monoisotopic (exact) mass is 311 g/mol. The van der Waals surface area contributed by atoms with E-state index in [9.17, 15) is 13.2 Å². The first-order chi connectivity index (χ1) is 10.0. The first-order valence-electron chi connectivity index (χ1n) is 7.24. The topological polar surface area (TPSA) is 67.6 Å². The van der Waals surface area contributed by atoms with E-state index in [0.29, 0.717) is 18.7 Å². The van der Waals surface area contributed by atoms with E-state index in [1.807, 2.05) is 6.92 Å². The number of hydrogen-bond donors (Lipinski definition) is 0. The van der Waals surface area contributed by atoms with Crippen molar-refractivity contribution in [2.75, 3.05) is 18.1 Å².